The van der Waals surface area contributed by atoms with Crippen molar-refractivity contribution in [1.29, 1.82) is 0 Å². The van der Waals surface area contributed by atoms with Gasteiger partial charge in [0.1, 0.15) is 5.82 Å². The van der Waals surface area contributed by atoms with Gasteiger partial charge in [0.25, 0.3) is 0 Å². The molecule has 3 aromatic heterocycles. The molecule has 0 aliphatic rings. The molecule has 1 N–H and O–H groups in total. The van der Waals surface area contributed by atoms with Crippen LogP contribution in [-0.2, 0) is 6.54 Å². The Morgan fingerprint density at radius 1 is 1.21 bits per heavy atom. The van der Waals surface area contributed by atoms with Gasteiger partial charge >= 0.3 is 0 Å². The van der Waals surface area contributed by atoms with Gasteiger partial charge in [0, 0.05) is 31.7 Å². The van der Waals surface area contributed by atoms with Crippen LogP contribution in [0.15, 0.2) is 24.8 Å². The molecule has 0 radical (unpaired) electrons. The number of aromatic nitrogens is 7. The van der Waals surface area contributed by atoms with E-state index in [0.717, 1.165) is 36.8 Å². The van der Waals surface area contributed by atoms with Crippen LogP contribution >= 0.6 is 0 Å². The van der Waals surface area contributed by atoms with Crippen LogP contribution in [0.4, 0.5) is 5.82 Å². The Labute approximate surface area is 109 Å². The SMILES string of the molecule is Cc1nnc2c(NCCCn3ccnn3)nccn12. The summed E-state index contributed by atoms with van der Waals surface area (Å²) in [6.45, 7) is 3.52. The van der Waals surface area contributed by atoms with Crippen LogP contribution in [-0.4, -0.2) is 41.1 Å². The van der Waals surface area contributed by atoms with Crippen molar-refractivity contribution >= 4 is 11.5 Å². The van der Waals surface area contributed by atoms with Gasteiger partial charge in [0.05, 0.1) is 6.20 Å². The Bertz CT molecular complexity index is 656. The van der Waals surface area contributed by atoms with Gasteiger partial charge in [0.2, 0.25) is 5.65 Å². The molecule has 98 valence electrons. The first-order valence-electron chi connectivity index (χ1n) is 6.09. The fraction of sp³-hybridized carbons (Fsp3) is 0.364. The molecule has 0 saturated heterocycles. The van der Waals surface area contributed by atoms with Crippen molar-refractivity contribution in [3.63, 3.8) is 0 Å². The van der Waals surface area contributed by atoms with Crippen molar-refractivity contribution in [2.75, 3.05) is 11.9 Å². The van der Waals surface area contributed by atoms with Gasteiger partial charge in [0.15, 0.2) is 5.82 Å². The van der Waals surface area contributed by atoms with Crippen molar-refractivity contribution in [2.45, 2.75) is 19.9 Å². The molecule has 0 fully saturated rings. The lowest BCUT2D eigenvalue weighted by Crippen LogP contribution is -2.09. The standard InChI is InChI=1S/C11H14N8/c1-9-15-16-11-10(13-4-8-19(9)11)12-3-2-6-18-7-5-14-17-18/h4-5,7-8H,2-3,6H2,1H3,(H,12,13). The van der Waals surface area contributed by atoms with E-state index in [2.05, 4.69) is 30.8 Å². The number of hydrogen-bond donors (Lipinski definition) is 1. The number of anilines is 1. The minimum Gasteiger partial charge on any atom is -0.367 e. The zero-order valence-electron chi connectivity index (χ0n) is 10.6. The highest BCUT2D eigenvalue weighted by Gasteiger charge is 2.06. The summed E-state index contributed by atoms with van der Waals surface area (Å²) in [6, 6.07) is 0. The molecule has 0 unspecified atom stereocenters. The van der Waals surface area contributed by atoms with E-state index in [9.17, 15) is 0 Å². The molecule has 0 atom stereocenters. The lowest BCUT2D eigenvalue weighted by Gasteiger charge is -2.06. The highest BCUT2D eigenvalue weighted by Crippen LogP contribution is 2.11. The number of nitrogens with zero attached hydrogens (tertiary/aromatic N) is 7. The van der Waals surface area contributed by atoms with Gasteiger partial charge in [-0.05, 0) is 13.3 Å². The molecule has 0 aromatic carbocycles. The summed E-state index contributed by atoms with van der Waals surface area (Å²) in [4.78, 5) is 4.29. The Morgan fingerprint density at radius 3 is 3.00 bits per heavy atom. The van der Waals surface area contributed by atoms with E-state index in [1.807, 2.05) is 23.7 Å². The third-order valence-electron chi connectivity index (χ3n) is 2.83. The summed E-state index contributed by atoms with van der Waals surface area (Å²) >= 11 is 0. The van der Waals surface area contributed by atoms with E-state index >= 15 is 0 Å². The molecule has 0 bridgehead atoms. The normalized spacial score (nSPS) is 11.0. The summed E-state index contributed by atoms with van der Waals surface area (Å²) in [7, 11) is 0. The van der Waals surface area contributed by atoms with Crippen LogP contribution in [0.5, 0.6) is 0 Å². The lowest BCUT2D eigenvalue weighted by molar-refractivity contribution is 0.569. The third-order valence-corrected chi connectivity index (χ3v) is 2.83. The summed E-state index contributed by atoms with van der Waals surface area (Å²) < 4.78 is 3.71. The van der Waals surface area contributed by atoms with Crippen LogP contribution < -0.4 is 5.32 Å². The van der Waals surface area contributed by atoms with E-state index in [1.165, 1.54) is 0 Å². The van der Waals surface area contributed by atoms with E-state index < -0.39 is 0 Å². The van der Waals surface area contributed by atoms with Crippen molar-refractivity contribution in [2.24, 2.45) is 0 Å². The fourth-order valence-corrected chi connectivity index (χ4v) is 1.87. The topological polar surface area (TPSA) is 85.8 Å². The highest BCUT2D eigenvalue weighted by molar-refractivity contribution is 5.61. The van der Waals surface area contributed by atoms with Gasteiger partial charge in [-0.15, -0.1) is 15.3 Å². The van der Waals surface area contributed by atoms with Crippen molar-refractivity contribution in [3.05, 3.63) is 30.6 Å². The fourth-order valence-electron chi connectivity index (χ4n) is 1.87. The summed E-state index contributed by atoms with van der Waals surface area (Å²) in [6.07, 6.45) is 8.04. The lowest BCUT2D eigenvalue weighted by atomic mass is 10.4. The second-order valence-electron chi connectivity index (χ2n) is 4.16. The molecule has 3 rings (SSSR count). The average Bonchev–Trinajstić information content (AvgIpc) is 3.06. The first kappa shape index (κ1) is 11.6. The van der Waals surface area contributed by atoms with Crippen LogP contribution in [0.25, 0.3) is 5.65 Å². The van der Waals surface area contributed by atoms with E-state index in [1.54, 1.807) is 17.1 Å². The smallest absolute Gasteiger partial charge is 0.203 e. The number of rotatable bonds is 5. The Hall–Kier alpha value is -2.51. The molecule has 8 heteroatoms. The molecule has 0 spiro atoms. The molecule has 3 heterocycles. The highest BCUT2D eigenvalue weighted by atomic mass is 15.4. The molecule has 0 amide bonds. The van der Waals surface area contributed by atoms with Gasteiger partial charge in [-0.3, -0.25) is 9.08 Å². The maximum atomic E-state index is 4.29. The van der Waals surface area contributed by atoms with E-state index in [4.69, 9.17) is 0 Å². The summed E-state index contributed by atoms with van der Waals surface area (Å²) in [5, 5.41) is 19.1. The number of hydrogen-bond acceptors (Lipinski definition) is 6. The largest absolute Gasteiger partial charge is 0.367 e. The van der Waals surface area contributed by atoms with Crippen LogP contribution in [0.2, 0.25) is 0 Å². The molecule has 8 nitrogen and oxygen atoms in total. The zero-order chi connectivity index (χ0) is 13.1. The first-order valence-corrected chi connectivity index (χ1v) is 6.09. The second-order valence-corrected chi connectivity index (χ2v) is 4.16. The van der Waals surface area contributed by atoms with Gasteiger partial charge in [-0.25, -0.2) is 4.98 Å². The van der Waals surface area contributed by atoms with Crippen molar-refractivity contribution in [3.8, 4) is 0 Å². The maximum absolute atomic E-state index is 4.29. The minimum atomic E-state index is 0.751. The predicted octanol–water partition coefficient (Wildman–Crippen LogP) is 0.526. The number of fused-ring (bicyclic) bond motifs is 1. The van der Waals surface area contributed by atoms with Crippen molar-refractivity contribution in [1.82, 2.24) is 34.6 Å². The van der Waals surface area contributed by atoms with Gasteiger partial charge in [-0.2, -0.15) is 0 Å². The minimum absolute atomic E-state index is 0.751. The van der Waals surface area contributed by atoms with Crippen molar-refractivity contribution < 1.29 is 0 Å². The quantitative estimate of drug-likeness (QED) is 0.672. The Morgan fingerprint density at radius 2 is 2.16 bits per heavy atom. The van der Waals surface area contributed by atoms with Gasteiger partial charge < -0.3 is 5.32 Å². The van der Waals surface area contributed by atoms with Crippen LogP contribution in [0.1, 0.15) is 12.2 Å². The Kier molecular flexibility index (Phi) is 3.05. The molecule has 0 aliphatic carbocycles. The van der Waals surface area contributed by atoms with E-state index in [-0.39, 0.29) is 0 Å². The summed E-state index contributed by atoms with van der Waals surface area (Å²) in [5.74, 6) is 1.60. The molecular weight excluding hydrogens is 244 g/mol. The third kappa shape index (κ3) is 2.37. The monoisotopic (exact) mass is 258 g/mol. The molecule has 0 aliphatic heterocycles. The summed E-state index contributed by atoms with van der Waals surface area (Å²) in [5.41, 5.74) is 0.751. The predicted molar refractivity (Wildman–Crippen MR) is 68.6 cm³/mol. The molecule has 3 aromatic rings. The number of aryl methyl sites for hydroxylation is 2. The second kappa shape index (κ2) is 5.01. The van der Waals surface area contributed by atoms with Gasteiger partial charge in [-0.1, -0.05) is 5.21 Å². The van der Waals surface area contributed by atoms with Crippen LogP contribution in [0, 0.1) is 6.92 Å². The average molecular weight is 258 g/mol. The van der Waals surface area contributed by atoms with Crippen LogP contribution in [0.3, 0.4) is 0 Å². The number of nitrogens with one attached hydrogen (secondary N) is 1. The van der Waals surface area contributed by atoms with E-state index in [0.29, 0.717) is 0 Å². The molecular formula is C11H14N8. The Balaban J connectivity index is 1.62. The molecule has 0 saturated carbocycles. The first-order chi connectivity index (χ1) is 9.34. The molecule has 19 heavy (non-hydrogen) atoms. The maximum Gasteiger partial charge on any atom is 0.203 e. The zero-order valence-corrected chi connectivity index (χ0v) is 10.6.